The lowest BCUT2D eigenvalue weighted by Gasteiger charge is -2.27. The lowest BCUT2D eigenvalue weighted by Crippen LogP contribution is -2.25. The molecule has 0 heterocycles. The van der Waals surface area contributed by atoms with E-state index in [1.807, 2.05) is 6.08 Å². The van der Waals surface area contributed by atoms with Crippen LogP contribution in [0.25, 0.3) is 0 Å². The maximum atomic E-state index is 11.5. The van der Waals surface area contributed by atoms with Crippen molar-refractivity contribution in [1.82, 2.24) is 0 Å². The molecule has 0 radical (unpaired) electrons. The summed E-state index contributed by atoms with van der Waals surface area (Å²) in [7, 11) is 0. The molecule has 0 bridgehead atoms. The van der Waals surface area contributed by atoms with E-state index in [9.17, 15) is 9.90 Å². The summed E-state index contributed by atoms with van der Waals surface area (Å²) >= 11 is 0. The van der Waals surface area contributed by atoms with Gasteiger partial charge in [0.2, 0.25) is 0 Å². The van der Waals surface area contributed by atoms with Crippen LogP contribution in [0.4, 0.5) is 0 Å². The van der Waals surface area contributed by atoms with Gasteiger partial charge in [-0.25, -0.2) is 0 Å². The molecular weight excluding hydrogens is 228 g/mol. The van der Waals surface area contributed by atoms with Crippen molar-refractivity contribution in [1.29, 1.82) is 0 Å². The van der Waals surface area contributed by atoms with E-state index in [-0.39, 0.29) is 12.1 Å². The molecule has 3 heteroatoms. The molecule has 1 aliphatic carbocycles. The smallest absolute Gasteiger partial charge is 0.305 e. The minimum absolute atomic E-state index is 0.127. The second kappa shape index (κ2) is 9.15. The molecule has 1 aliphatic rings. The van der Waals surface area contributed by atoms with E-state index < -0.39 is 0 Å². The van der Waals surface area contributed by atoms with Crippen LogP contribution in [0.2, 0.25) is 0 Å². The SMILES string of the molecule is CC/C=C\CCOC(=O)CCC1CCCCC1O. The third kappa shape index (κ3) is 6.20. The second-order valence-corrected chi connectivity index (χ2v) is 5.04. The number of aliphatic hydroxyl groups is 1. The Bertz CT molecular complexity index is 260. The lowest BCUT2D eigenvalue weighted by atomic mass is 9.84. The van der Waals surface area contributed by atoms with Gasteiger partial charge in [-0.3, -0.25) is 4.79 Å². The van der Waals surface area contributed by atoms with Crippen LogP contribution in [0.3, 0.4) is 0 Å². The summed E-state index contributed by atoms with van der Waals surface area (Å²) < 4.78 is 5.14. The van der Waals surface area contributed by atoms with Crippen molar-refractivity contribution in [2.75, 3.05) is 6.61 Å². The zero-order chi connectivity index (χ0) is 13.2. The lowest BCUT2D eigenvalue weighted by molar-refractivity contribution is -0.144. The number of esters is 1. The van der Waals surface area contributed by atoms with E-state index in [0.717, 1.165) is 38.5 Å². The van der Waals surface area contributed by atoms with Gasteiger partial charge in [-0.05, 0) is 38.0 Å². The zero-order valence-electron chi connectivity index (χ0n) is 11.4. The van der Waals surface area contributed by atoms with Crippen molar-refractivity contribution < 1.29 is 14.6 Å². The first kappa shape index (κ1) is 15.2. The van der Waals surface area contributed by atoms with Crippen molar-refractivity contribution in [3.05, 3.63) is 12.2 Å². The number of rotatable bonds is 7. The van der Waals surface area contributed by atoms with Crippen LogP contribution >= 0.6 is 0 Å². The van der Waals surface area contributed by atoms with Gasteiger partial charge >= 0.3 is 5.97 Å². The number of aliphatic hydroxyl groups excluding tert-OH is 1. The molecule has 1 rings (SSSR count). The van der Waals surface area contributed by atoms with E-state index in [1.54, 1.807) is 0 Å². The van der Waals surface area contributed by atoms with Gasteiger partial charge < -0.3 is 9.84 Å². The molecule has 0 saturated heterocycles. The minimum atomic E-state index is -0.209. The van der Waals surface area contributed by atoms with E-state index in [4.69, 9.17) is 4.74 Å². The van der Waals surface area contributed by atoms with E-state index in [1.165, 1.54) is 6.42 Å². The van der Waals surface area contributed by atoms with Gasteiger partial charge in [0.05, 0.1) is 12.7 Å². The van der Waals surface area contributed by atoms with Crippen molar-refractivity contribution in [2.45, 2.75) is 64.4 Å². The third-order valence-corrected chi connectivity index (χ3v) is 3.54. The van der Waals surface area contributed by atoms with Crippen LogP contribution in [0, 0.1) is 5.92 Å². The summed E-state index contributed by atoms with van der Waals surface area (Å²) in [4.78, 5) is 11.5. The van der Waals surface area contributed by atoms with Crippen LogP contribution in [-0.4, -0.2) is 23.8 Å². The average Bonchev–Trinajstić information content (AvgIpc) is 2.37. The topological polar surface area (TPSA) is 46.5 Å². The molecule has 104 valence electrons. The Morgan fingerprint density at radius 2 is 2.11 bits per heavy atom. The van der Waals surface area contributed by atoms with Crippen molar-refractivity contribution in [2.24, 2.45) is 5.92 Å². The highest BCUT2D eigenvalue weighted by Crippen LogP contribution is 2.27. The molecule has 1 N–H and O–H groups in total. The van der Waals surface area contributed by atoms with Crippen LogP contribution in [0.5, 0.6) is 0 Å². The summed E-state index contributed by atoms with van der Waals surface area (Å²) in [6, 6.07) is 0. The summed E-state index contributed by atoms with van der Waals surface area (Å²) in [6.07, 6.45) is 11.2. The van der Waals surface area contributed by atoms with E-state index in [2.05, 4.69) is 13.0 Å². The highest BCUT2D eigenvalue weighted by Gasteiger charge is 2.23. The molecule has 1 saturated carbocycles. The number of hydrogen-bond acceptors (Lipinski definition) is 3. The third-order valence-electron chi connectivity index (χ3n) is 3.54. The van der Waals surface area contributed by atoms with E-state index in [0.29, 0.717) is 18.9 Å². The normalized spacial score (nSPS) is 24.3. The van der Waals surface area contributed by atoms with Gasteiger partial charge in [0.25, 0.3) is 0 Å². The predicted molar refractivity (Wildman–Crippen MR) is 72.2 cm³/mol. The fourth-order valence-corrected chi connectivity index (χ4v) is 2.43. The van der Waals surface area contributed by atoms with Gasteiger partial charge in [0.15, 0.2) is 0 Å². The van der Waals surface area contributed by atoms with Gasteiger partial charge in [0, 0.05) is 6.42 Å². The van der Waals surface area contributed by atoms with Crippen molar-refractivity contribution in [3.63, 3.8) is 0 Å². The minimum Gasteiger partial charge on any atom is -0.465 e. The summed E-state index contributed by atoms with van der Waals surface area (Å²) in [5.74, 6) is 0.170. The summed E-state index contributed by atoms with van der Waals surface area (Å²) in [6.45, 7) is 2.56. The quantitative estimate of drug-likeness (QED) is 0.431. The molecule has 0 spiro atoms. The predicted octanol–water partition coefficient (Wildman–Crippen LogP) is 3.22. The molecule has 0 amide bonds. The molecule has 0 aromatic heterocycles. The van der Waals surface area contributed by atoms with Gasteiger partial charge in [-0.1, -0.05) is 31.9 Å². The number of ether oxygens (including phenoxy) is 1. The highest BCUT2D eigenvalue weighted by atomic mass is 16.5. The summed E-state index contributed by atoms with van der Waals surface area (Å²) in [5.41, 5.74) is 0. The Hall–Kier alpha value is -0.830. The second-order valence-electron chi connectivity index (χ2n) is 5.04. The zero-order valence-corrected chi connectivity index (χ0v) is 11.4. The van der Waals surface area contributed by atoms with Crippen LogP contribution in [-0.2, 0) is 9.53 Å². The molecule has 1 fully saturated rings. The fourth-order valence-electron chi connectivity index (χ4n) is 2.43. The first-order valence-corrected chi connectivity index (χ1v) is 7.22. The van der Waals surface area contributed by atoms with Gasteiger partial charge in [-0.15, -0.1) is 0 Å². The first-order valence-electron chi connectivity index (χ1n) is 7.22. The highest BCUT2D eigenvalue weighted by molar-refractivity contribution is 5.69. The molecular formula is C15H26O3. The Morgan fingerprint density at radius 3 is 2.83 bits per heavy atom. The van der Waals surface area contributed by atoms with Gasteiger partial charge in [-0.2, -0.15) is 0 Å². The fraction of sp³-hybridized carbons (Fsp3) is 0.800. The van der Waals surface area contributed by atoms with E-state index >= 15 is 0 Å². The molecule has 2 atom stereocenters. The monoisotopic (exact) mass is 254 g/mol. The average molecular weight is 254 g/mol. The number of carbonyl (C=O) groups is 1. The number of hydrogen-bond donors (Lipinski definition) is 1. The molecule has 18 heavy (non-hydrogen) atoms. The Labute approximate surface area is 110 Å². The summed E-state index contributed by atoms with van der Waals surface area (Å²) in [5, 5.41) is 9.79. The molecule has 0 aromatic carbocycles. The number of allylic oxidation sites excluding steroid dienone is 1. The number of carbonyl (C=O) groups excluding carboxylic acids is 1. The Morgan fingerprint density at radius 1 is 1.33 bits per heavy atom. The van der Waals surface area contributed by atoms with Gasteiger partial charge in [0.1, 0.15) is 0 Å². The van der Waals surface area contributed by atoms with Crippen molar-refractivity contribution >= 4 is 5.97 Å². The maximum absolute atomic E-state index is 11.5. The van der Waals surface area contributed by atoms with Crippen LogP contribution < -0.4 is 0 Å². The molecule has 2 unspecified atom stereocenters. The molecule has 0 aliphatic heterocycles. The Kier molecular flexibility index (Phi) is 7.74. The van der Waals surface area contributed by atoms with Crippen LogP contribution in [0.15, 0.2) is 12.2 Å². The standard InChI is InChI=1S/C15H26O3/c1-2-3-4-7-12-18-15(17)11-10-13-8-5-6-9-14(13)16/h3-4,13-14,16H,2,5-12H2,1H3/b4-3-. The molecule has 0 aromatic rings. The first-order chi connectivity index (χ1) is 8.74. The largest absolute Gasteiger partial charge is 0.465 e. The van der Waals surface area contributed by atoms with Crippen LogP contribution in [0.1, 0.15) is 58.3 Å². The van der Waals surface area contributed by atoms with Crippen molar-refractivity contribution in [3.8, 4) is 0 Å². The Balaban J connectivity index is 2.07. The molecule has 3 nitrogen and oxygen atoms in total. The maximum Gasteiger partial charge on any atom is 0.305 e.